The van der Waals surface area contributed by atoms with Crippen LogP contribution in [-0.4, -0.2) is 30.4 Å². The van der Waals surface area contributed by atoms with E-state index in [0.717, 1.165) is 11.0 Å². The monoisotopic (exact) mass is 316 g/mol. The van der Waals surface area contributed by atoms with E-state index in [2.05, 4.69) is 25.3 Å². The molecule has 1 atom stereocenters. The number of pyridine rings is 1. The second-order valence-corrected chi connectivity index (χ2v) is 5.26. The highest BCUT2D eigenvalue weighted by atomic mass is 35.5. The SMILES string of the molecule is CC(NC(=O)c1cc2c(cn1)ncn2C)c1cnc(Cl)cn1. The van der Waals surface area contributed by atoms with Crippen LogP contribution in [0.4, 0.5) is 0 Å². The van der Waals surface area contributed by atoms with E-state index in [4.69, 9.17) is 11.6 Å². The van der Waals surface area contributed by atoms with Gasteiger partial charge in [-0.05, 0) is 13.0 Å². The van der Waals surface area contributed by atoms with Crippen molar-refractivity contribution in [1.29, 1.82) is 0 Å². The van der Waals surface area contributed by atoms with E-state index in [1.54, 1.807) is 18.6 Å². The molecule has 3 aromatic heterocycles. The molecule has 0 aliphatic rings. The summed E-state index contributed by atoms with van der Waals surface area (Å²) in [6, 6.07) is 1.40. The Morgan fingerprint density at radius 1 is 1.23 bits per heavy atom. The number of nitrogens with zero attached hydrogens (tertiary/aromatic N) is 5. The highest BCUT2D eigenvalue weighted by Gasteiger charge is 2.15. The second-order valence-electron chi connectivity index (χ2n) is 4.87. The van der Waals surface area contributed by atoms with E-state index >= 15 is 0 Å². The van der Waals surface area contributed by atoms with Crippen LogP contribution in [0, 0.1) is 0 Å². The Morgan fingerprint density at radius 2 is 2.05 bits per heavy atom. The van der Waals surface area contributed by atoms with Crippen molar-refractivity contribution in [3.63, 3.8) is 0 Å². The Balaban J connectivity index is 1.80. The fourth-order valence-corrected chi connectivity index (χ4v) is 2.14. The molecule has 3 heterocycles. The molecule has 0 aliphatic carbocycles. The van der Waals surface area contributed by atoms with Gasteiger partial charge in [-0.3, -0.25) is 9.78 Å². The number of amides is 1. The molecule has 112 valence electrons. The third-order valence-electron chi connectivity index (χ3n) is 3.28. The van der Waals surface area contributed by atoms with Crippen molar-refractivity contribution in [3.05, 3.63) is 47.5 Å². The number of rotatable bonds is 3. The maximum Gasteiger partial charge on any atom is 0.270 e. The van der Waals surface area contributed by atoms with Crippen molar-refractivity contribution in [3.8, 4) is 0 Å². The molecule has 0 spiro atoms. The third-order valence-corrected chi connectivity index (χ3v) is 3.47. The summed E-state index contributed by atoms with van der Waals surface area (Å²) >= 11 is 5.70. The summed E-state index contributed by atoms with van der Waals surface area (Å²) in [4.78, 5) is 28.7. The van der Waals surface area contributed by atoms with Crippen LogP contribution in [0.2, 0.25) is 5.15 Å². The molecule has 0 saturated heterocycles. The van der Waals surface area contributed by atoms with Gasteiger partial charge in [0, 0.05) is 7.05 Å². The predicted octanol–water partition coefficient (Wildman–Crippen LogP) is 1.90. The third kappa shape index (κ3) is 2.75. The average molecular weight is 317 g/mol. The summed E-state index contributed by atoms with van der Waals surface area (Å²) in [5.41, 5.74) is 2.54. The highest BCUT2D eigenvalue weighted by Crippen LogP contribution is 2.14. The van der Waals surface area contributed by atoms with E-state index in [1.165, 1.54) is 12.4 Å². The number of halogens is 1. The molecule has 3 rings (SSSR count). The maximum absolute atomic E-state index is 12.3. The molecule has 3 aromatic rings. The number of aromatic nitrogens is 5. The van der Waals surface area contributed by atoms with Gasteiger partial charge in [0.25, 0.3) is 5.91 Å². The van der Waals surface area contributed by atoms with Gasteiger partial charge in [0.1, 0.15) is 16.4 Å². The summed E-state index contributed by atoms with van der Waals surface area (Å²) in [6.45, 7) is 1.82. The minimum Gasteiger partial charge on any atom is -0.343 e. The first-order valence-electron chi connectivity index (χ1n) is 6.60. The lowest BCUT2D eigenvalue weighted by atomic mass is 10.2. The van der Waals surface area contributed by atoms with Crippen LogP contribution in [0.3, 0.4) is 0 Å². The van der Waals surface area contributed by atoms with Gasteiger partial charge in [-0.15, -0.1) is 0 Å². The van der Waals surface area contributed by atoms with Crippen LogP contribution < -0.4 is 5.32 Å². The van der Waals surface area contributed by atoms with E-state index in [-0.39, 0.29) is 11.9 Å². The number of hydrogen-bond acceptors (Lipinski definition) is 5. The van der Waals surface area contributed by atoms with Crippen LogP contribution in [0.5, 0.6) is 0 Å². The number of imidazole rings is 1. The Labute approximate surface area is 131 Å². The number of aryl methyl sites for hydroxylation is 1. The van der Waals surface area contributed by atoms with Crippen LogP contribution in [0.25, 0.3) is 11.0 Å². The fraction of sp³-hybridized carbons (Fsp3) is 0.214. The van der Waals surface area contributed by atoms with E-state index in [1.807, 2.05) is 18.5 Å². The molecule has 0 bridgehead atoms. The number of carbonyl (C=O) groups is 1. The van der Waals surface area contributed by atoms with Crippen molar-refractivity contribution < 1.29 is 4.79 Å². The zero-order valence-corrected chi connectivity index (χ0v) is 12.7. The molecule has 0 aromatic carbocycles. The number of hydrogen-bond donors (Lipinski definition) is 1. The normalized spacial score (nSPS) is 12.3. The largest absolute Gasteiger partial charge is 0.343 e. The summed E-state index contributed by atoms with van der Waals surface area (Å²) in [5, 5.41) is 3.14. The van der Waals surface area contributed by atoms with Crippen LogP contribution >= 0.6 is 11.6 Å². The molecule has 1 unspecified atom stereocenters. The molecule has 0 radical (unpaired) electrons. The second kappa shape index (κ2) is 5.69. The van der Waals surface area contributed by atoms with Crippen molar-refractivity contribution in [2.24, 2.45) is 7.05 Å². The highest BCUT2D eigenvalue weighted by molar-refractivity contribution is 6.29. The van der Waals surface area contributed by atoms with Gasteiger partial charge in [0.15, 0.2) is 0 Å². The Morgan fingerprint density at radius 3 is 2.77 bits per heavy atom. The summed E-state index contributed by atoms with van der Waals surface area (Å²) < 4.78 is 1.84. The molecular formula is C14H13ClN6O. The summed E-state index contributed by atoms with van der Waals surface area (Å²) in [6.07, 6.45) is 6.24. The van der Waals surface area contributed by atoms with Gasteiger partial charge < -0.3 is 9.88 Å². The number of nitrogens with one attached hydrogen (secondary N) is 1. The number of fused-ring (bicyclic) bond motifs is 1. The van der Waals surface area contributed by atoms with Crippen molar-refractivity contribution in [2.45, 2.75) is 13.0 Å². The first-order valence-corrected chi connectivity index (χ1v) is 6.98. The van der Waals surface area contributed by atoms with E-state index in [0.29, 0.717) is 16.5 Å². The van der Waals surface area contributed by atoms with Crippen molar-refractivity contribution in [2.75, 3.05) is 0 Å². The fourth-order valence-electron chi connectivity index (χ4n) is 2.05. The lowest BCUT2D eigenvalue weighted by Gasteiger charge is -2.12. The van der Waals surface area contributed by atoms with E-state index in [9.17, 15) is 4.79 Å². The van der Waals surface area contributed by atoms with E-state index < -0.39 is 0 Å². The molecule has 1 N–H and O–H groups in total. The lowest BCUT2D eigenvalue weighted by molar-refractivity contribution is 0.0934. The van der Waals surface area contributed by atoms with Gasteiger partial charge in [0.05, 0.1) is 42.2 Å². The lowest BCUT2D eigenvalue weighted by Crippen LogP contribution is -2.28. The molecular weight excluding hydrogens is 304 g/mol. The minimum absolute atomic E-state index is 0.285. The first kappa shape index (κ1) is 14.4. The zero-order valence-electron chi connectivity index (χ0n) is 12.0. The van der Waals surface area contributed by atoms with Crippen molar-refractivity contribution in [1.82, 2.24) is 29.8 Å². The van der Waals surface area contributed by atoms with Crippen molar-refractivity contribution >= 4 is 28.5 Å². The standard InChI is InChI=1S/C14H13ClN6O/c1-8(10-4-18-13(15)6-17-10)20-14(22)9-3-12-11(5-16-9)19-7-21(12)2/h3-8H,1-2H3,(H,20,22). The minimum atomic E-state index is -0.304. The summed E-state index contributed by atoms with van der Waals surface area (Å²) in [5.74, 6) is -0.285. The molecule has 22 heavy (non-hydrogen) atoms. The van der Waals surface area contributed by atoms with Gasteiger partial charge in [0.2, 0.25) is 0 Å². The molecule has 8 heteroatoms. The van der Waals surface area contributed by atoms with Crippen LogP contribution in [-0.2, 0) is 7.05 Å². The Hall–Kier alpha value is -2.54. The van der Waals surface area contributed by atoms with Gasteiger partial charge in [-0.1, -0.05) is 11.6 Å². The maximum atomic E-state index is 12.3. The Kier molecular flexibility index (Phi) is 3.72. The van der Waals surface area contributed by atoms with Gasteiger partial charge >= 0.3 is 0 Å². The summed E-state index contributed by atoms with van der Waals surface area (Å²) in [7, 11) is 1.86. The zero-order chi connectivity index (χ0) is 15.7. The smallest absolute Gasteiger partial charge is 0.270 e. The molecule has 0 saturated carbocycles. The van der Waals surface area contributed by atoms with Crippen LogP contribution in [0.1, 0.15) is 29.1 Å². The molecule has 0 fully saturated rings. The molecule has 7 nitrogen and oxygen atoms in total. The topological polar surface area (TPSA) is 85.6 Å². The molecule has 1 amide bonds. The first-order chi connectivity index (χ1) is 10.5. The average Bonchev–Trinajstić information content (AvgIpc) is 2.88. The predicted molar refractivity (Wildman–Crippen MR) is 81.4 cm³/mol. The quantitative estimate of drug-likeness (QED) is 0.797. The number of carbonyl (C=O) groups excluding carboxylic acids is 1. The van der Waals surface area contributed by atoms with Gasteiger partial charge in [-0.2, -0.15) is 0 Å². The van der Waals surface area contributed by atoms with Gasteiger partial charge in [-0.25, -0.2) is 15.0 Å². The molecule has 0 aliphatic heterocycles. The Bertz CT molecular complexity index is 829. The van der Waals surface area contributed by atoms with Crippen LogP contribution in [0.15, 0.2) is 31.0 Å².